The van der Waals surface area contributed by atoms with E-state index in [0.29, 0.717) is 15.7 Å². The predicted octanol–water partition coefficient (Wildman–Crippen LogP) is 3.52. The second-order valence-electron chi connectivity index (χ2n) is 4.93. The zero-order valence-electron chi connectivity index (χ0n) is 12.4. The van der Waals surface area contributed by atoms with Gasteiger partial charge >= 0.3 is 0 Å². The van der Waals surface area contributed by atoms with E-state index in [2.05, 4.69) is 26.0 Å². The Labute approximate surface area is 142 Å². The summed E-state index contributed by atoms with van der Waals surface area (Å²) in [7, 11) is -3.46. The standard InChI is InChI=1S/C15H14BrFN2O3S/c1-9-11(4-3-5-13(9)19-23(2,21)22)15(20)18-14-7-6-10(16)8-12(14)17/h3-8,19H,1-2H3,(H,18,20). The molecule has 0 bridgehead atoms. The molecule has 0 heterocycles. The average Bonchev–Trinajstić information content (AvgIpc) is 2.42. The van der Waals surface area contributed by atoms with Gasteiger partial charge < -0.3 is 5.32 Å². The number of hydrogen-bond acceptors (Lipinski definition) is 3. The number of hydrogen-bond donors (Lipinski definition) is 2. The van der Waals surface area contributed by atoms with Gasteiger partial charge in [0.05, 0.1) is 17.6 Å². The molecular weight excluding hydrogens is 387 g/mol. The lowest BCUT2D eigenvalue weighted by molar-refractivity contribution is 0.102. The lowest BCUT2D eigenvalue weighted by Gasteiger charge is -2.13. The van der Waals surface area contributed by atoms with E-state index >= 15 is 0 Å². The third-order valence-electron chi connectivity index (χ3n) is 3.05. The molecule has 0 fully saturated rings. The Morgan fingerprint density at radius 1 is 1.17 bits per heavy atom. The van der Waals surface area contributed by atoms with E-state index in [0.717, 1.165) is 6.26 Å². The van der Waals surface area contributed by atoms with Gasteiger partial charge in [-0.25, -0.2) is 12.8 Å². The molecular formula is C15H14BrFN2O3S. The van der Waals surface area contributed by atoms with Gasteiger partial charge in [-0.05, 0) is 42.8 Å². The minimum atomic E-state index is -3.46. The number of anilines is 2. The van der Waals surface area contributed by atoms with Crippen LogP contribution in [-0.4, -0.2) is 20.6 Å². The van der Waals surface area contributed by atoms with Crippen molar-refractivity contribution in [2.45, 2.75) is 6.92 Å². The van der Waals surface area contributed by atoms with Gasteiger partial charge in [0.25, 0.3) is 5.91 Å². The van der Waals surface area contributed by atoms with Gasteiger partial charge in [0.2, 0.25) is 10.0 Å². The van der Waals surface area contributed by atoms with E-state index in [9.17, 15) is 17.6 Å². The largest absolute Gasteiger partial charge is 0.319 e. The van der Waals surface area contributed by atoms with Gasteiger partial charge in [-0.1, -0.05) is 22.0 Å². The first kappa shape index (κ1) is 17.4. The first-order valence-electron chi connectivity index (χ1n) is 6.51. The summed E-state index contributed by atoms with van der Waals surface area (Å²) in [6.07, 6.45) is 1.02. The third kappa shape index (κ3) is 4.52. The Bertz CT molecular complexity index is 869. The molecule has 0 aliphatic carbocycles. The molecule has 0 saturated heterocycles. The second kappa shape index (κ2) is 6.67. The maximum atomic E-state index is 13.8. The molecule has 0 aliphatic rings. The van der Waals surface area contributed by atoms with Crippen molar-refractivity contribution < 1.29 is 17.6 Å². The van der Waals surface area contributed by atoms with Crippen LogP contribution >= 0.6 is 15.9 Å². The van der Waals surface area contributed by atoms with Gasteiger partial charge in [0.15, 0.2) is 0 Å². The molecule has 2 aromatic carbocycles. The molecule has 2 N–H and O–H groups in total. The van der Waals surface area contributed by atoms with Crippen LogP contribution in [0.15, 0.2) is 40.9 Å². The van der Waals surface area contributed by atoms with E-state index in [-0.39, 0.29) is 11.3 Å². The van der Waals surface area contributed by atoms with Crippen molar-refractivity contribution in [3.8, 4) is 0 Å². The Hall–Kier alpha value is -1.93. The third-order valence-corrected chi connectivity index (χ3v) is 4.14. The van der Waals surface area contributed by atoms with E-state index in [1.807, 2.05) is 0 Å². The van der Waals surface area contributed by atoms with Crippen LogP contribution < -0.4 is 10.0 Å². The zero-order valence-corrected chi connectivity index (χ0v) is 14.8. The quantitative estimate of drug-likeness (QED) is 0.823. The fraction of sp³-hybridized carbons (Fsp3) is 0.133. The Kier molecular flexibility index (Phi) is 5.06. The Balaban J connectivity index is 2.31. The van der Waals surface area contributed by atoms with Crippen molar-refractivity contribution in [3.05, 3.63) is 57.8 Å². The average molecular weight is 401 g/mol. The topological polar surface area (TPSA) is 75.3 Å². The number of sulfonamides is 1. The highest BCUT2D eigenvalue weighted by atomic mass is 79.9. The summed E-state index contributed by atoms with van der Waals surface area (Å²) >= 11 is 3.14. The maximum Gasteiger partial charge on any atom is 0.256 e. The van der Waals surface area contributed by atoms with Gasteiger partial charge in [-0.15, -0.1) is 0 Å². The van der Waals surface area contributed by atoms with E-state index in [1.54, 1.807) is 25.1 Å². The maximum absolute atomic E-state index is 13.8. The Morgan fingerprint density at radius 2 is 1.87 bits per heavy atom. The monoisotopic (exact) mass is 400 g/mol. The van der Waals surface area contributed by atoms with Gasteiger partial charge in [0.1, 0.15) is 5.82 Å². The second-order valence-corrected chi connectivity index (χ2v) is 7.59. The first-order chi connectivity index (χ1) is 10.7. The van der Waals surface area contributed by atoms with Crippen LogP contribution in [0.5, 0.6) is 0 Å². The van der Waals surface area contributed by atoms with Crippen molar-refractivity contribution in [2.24, 2.45) is 0 Å². The molecule has 0 radical (unpaired) electrons. The van der Waals surface area contributed by atoms with E-state index in [1.165, 1.54) is 18.2 Å². The molecule has 0 unspecified atom stereocenters. The molecule has 0 saturated carbocycles. The summed E-state index contributed by atoms with van der Waals surface area (Å²) in [5.74, 6) is -1.10. The van der Waals surface area contributed by atoms with Crippen LogP contribution in [-0.2, 0) is 10.0 Å². The molecule has 5 nitrogen and oxygen atoms in total. The van der Waals surface area contributed by atoms with Crippen LogP contribution in [0, 0.1) is 12.7 Å². The van der Waals surface area contributed by atoms with Gasteiger partial charge in [0, 0.05) is 10.0 Å². The lowest BCUT2D eigenvalue weighted by Crippen LogP contribution is -2.16. The molecule has 0 aliphatic heterocycles. The van der Waals surface area contributed by atoms with E-state index in [4.69, 9.17) is 0 Å². The van der Waals surface area contributed by atoms with Crippen molar-refractivity contribution in [3.63, 3.8) is 0 Å². The Morgan fingerprint density at radius 3 is 2.48 bits per heavy atom. The number of amides is 1. The van der Waals surface area contributed by atoms with Crippen LogP contribution in [0.25, 0.3) is 0 Å². The highest BCUT2D eigenvalue weighted by Gasteiger charge is 2.15. The highest BCUT2D eigenvalue weighted by molar-refractivity contribution is 9.10. The van der Waals surface area contributed by atoms with Crippen LogP contribution in [0.3, 0.4) is 0 Å². The molecule has 0 spiro atoms. The number of carbonyl (C=O) groups excluding carboxylic acids is 1. The number of rotatable bonds is 4. The fourth-order valence-corrected chi connectivity index (χ4v) is 2.93. The molecule has 1 amide bonds. The molecule has 23 heavy (non-hydrogen) atoms. The van der Waals surface area contributed by atoms with Crippen molar-refractivity contribution >= 4 is 43.2 Å². The van der Waals surface area contributed by atoms with Crippen molar-refractivity contribution in [1.29, 1.82) is 0 Å². The summed E-state index contributed by atoms with van der Waals surface area (Å²) in [6.45, 7) is 1.61. The summed E-state index contributed by atoms with van der Waals surface area (Å²) in [5.41, 5.74) is 1.05. The molecule has 2 rings (SSSR count). The van der Waals surface area contributed by atoms with Crippen LogP contribution in [0.4, 0.5) is 15.8 Å². The zero-order chi connectivity index (χ0) is 17.2. The number of halogens is 2. The van der Waals surface area contributed by atoms with E-state index < -0.39 is 21.7 Å². The molecule has 0 atom stereocenters. The predicted molar refractivity (Wildman–Crippen MR) is 91.7 cm³/mol. The lowest BCUT2D eigenvalue weighted by atomic mass is 10.1. The summed E-state index contributed by atoms with van der Waals surface area (Å²) in [6, 6.07) is 8.91. The highest BCUT2D eigenvalue weighted by Crippen LogP contribution is 2.23. The number of benzene rings is 2. The summed E-state index contributed by atoms with van der Waals surface area (Å²) in [4.78, 5) is 12.3. The number of nitrogens with one attached hydrogen (secondary N) is 2. The summed E-state index contributed by atoms with van der Waals surface area (Å²) in [5, 5.41) is 2.47. The minimum Gasteiger partial charge on any atom is -0.319 e. The first-order valence-corrected chi connectivity index (χ1v) is 9.19. The smallest absolute Gasteiger partial charge is 0.256 e. The van der Waals surface area contributed by atoms with Gasteiger partial charge in [-0.2, -0.15) is 0 Å². The number of carbonyl (C=O) groups is 1. The minimum absolute atomic E-state index is 0.0408. The summed E-state index contributed by atoms with van der Waals surface area (Å²) < 4.78 is 39.4. The molecule has 0 aromatic heterocycles. The molecule has 2 aromatic rings. The molecule has 122 valence electrons. The van der Waals surface area contributed by atoms with Crippen LogP contribution in [0.1, 0.15) is 15.9 Å². The fourth-order valence-electron chi connectivity index (χ4n) is 1.97. The van der Waals surface area contributed by atoms with Gasteiger partial charge in [-0.3, -0.25) is 9.52 Å². The van der Waals surface area contributed by atoms with Crippen molar-refractivity contribution in [2.75, 3.05) is 16.3 Å². The SMILES string of the molecule is Cc1c(NS(C)(=O)=O)cccc1C(=O)Nc1ccc(Br)cc1F. The normalized spacial score (nSPS) is 11.1. The molecule has 8 heteroatoms. The van der Waals surface area contributed by atoms with Crippen molar-refractivity contribution in [1.82, 2.24) is 0 Å². The van der Waals surface area contributed by atoms with Crippen LogP contribution in [0.2, 0.25) is 0 Å².